The van der Waals surface area contributed by atoms with E-state index in [1.165, 1.54) is 5.56 Å². The van der Waals surface area contributed by atoms with E-state index in [-0.39, 0.29) is 11.9 Å². The zero-order chi connectivity index (χ0) is 16.7. The van der Waals surface area contributed by atoms with Gasteiger partial charge in [-0.3, -0.25) is 4.79 Å². The molecular formula is C20H23NO2. The summed E-state index contributed by atoms with van der Waals surface area (Å²) in [5, 5.41) is 2.90. The lowest BCUT2D eigenvalue weighted by atomic mass is 10.1. The van der Waals surface area contributed by atoms with Crippen LogP contribution in [-0.4, -0.2) is 18.6 Å². The van der Waals surface area contributed by atoms with Gasteiger partial charge in [0.25, 0.3) is 0 Å². The molecule has 0 heterocycles. The van der Waals surface area contributed by atoms with Crippen molar-refractivity contribution in [3.63, 3.8) is 0 Å². The van der Waals surface area contributed by atoms with Gasteiger partial charge in [0, 0.05) is 6.08 Å². The normalized spacial score (nSPS) is 12.1. The summed E-state index contributed by atoms with van der Waals surface area (Å²) in [5.74, 6) is 0.732. The Hall–Kier alpha value is -2.55. The number of ether oxygens (including phenoxy) is 1. The van der Waals surface area contributed by atoms with E-state index in [4.69, 9.17) is 4.74 Å². The molecule has 0 aliphatic heterocycles. The summed E-state index contributed by atoms with van der Waals surface area (Å²) < 4.78 is 5.74. The highest BCUT2D eigenvalue weighted by atomic mass is 16.5. The first-order valence-corrected chi connectivity index (χ1v) is 7.78. The summed E-state index contributed by atoms with van der Waals surface area (Å²) in [7, 11) is 0. The molecule has 1 atom stereocenters. The third-order valence-corrected chi connectivity index (χ3v) is 3.48. The molecule has 0 aliphatic carbocycles. The molecule has 0 bridgehead atoms. The smallest absolute Gasteiger partial charge is 0.244 e. The molecule has 0 saturated carbocycles. The van der Waals surface area contributed by atoms with Gasteiger partial charge >= 0.3 is 0 Å². The van der Waals surface area contributed by atoms with E-state index in [2.05, 4.69) is 5.32 Å². The standard InChI is InChI=1S/C20H23NO2/c1-15-8-10-18(11-9-15)12-13-20(22)21-17(3)14-23-19-7-5-4-6-16(19)2/h4-13,17H,14H2,1-3H3,(H,21,22)/b13-12+/t17-/m1/s1. The minimum Gasteiger partial charge on any atom is -0.491 e. The van der Waals surface area contributed by atoms with Crippen LogP contribution in [0.25, 0.3) is 6.08 Å². The van der Waals surface area contributed by atoms with Crippen LogP contribution < -0.4 is 10.1 Å². The van der Waals surface area contributed by atoms with Crippen molar-refractivity contribution in [1.29, 1.82) is 0 Å². The molecule has 0 radical (unpaired) electrons. The van der Waals surface area contributed by atoms with E-state index in [1.807, 2.05) is 75.4 Å². The van der Waals surface area contributed by atoms with Crippen molar-refractivity contribution in [2.24, 2.45) is 0 Å². The number of aryl methyl sites for hydroxylation is 2. The van der Waals surface area contributed by atoms with E-state index in [1.54, 1.807) is 6.08 Å². The second-order valence-corrected chi connectivity index (χ2v) is 5.73. The molecule has 2 rings (SSSR count). The highest BCUT2D eigenvalue weighted by Crippen LogP contribution is 2.16. The Morgan fingerprint density at radius 3 is 2.52 bits per heavy atom. The van der Waals surface area contributed by atoms with E-state index in [0.717, 1.165) is 16.9 Å². The number of rotatable bonds is 6. The second kappa shape index (κ2) is 8.18. The van der Waals surface area contributed by atoms with Crippen LogP contribution in [0.2, 0.25) is 0 Å². The van der Waals surface area contributed by atoms with E-state index < -0.39 is 0 Å². The number of hydrogen-bond acceptors (Lipinski definition) is 2. The van der Waals surface area contributed by atoms with Crippen molar-refractivity contribution in [1.82, 2.24) is 5.32 Å². The number of benzene rings is 2. The molecule has 1 N–H and O–H groups in total. The molecule has 2 aromatic carbocycles. The van der Waals surface area contributed by atoms with Crippen LogP contribution in [0.15, 0.2) is 54.6 Å². The summed E-state index contributed by atoms with van der Waals surface area (Å²) in [5.41, 5.74) is 3.30. The lowest BCUT2D eigenvalue weighted by Crippen LogP contribution is -2.35. The monoisotopic (exact) mass is 309 g/mol. The van der Waals surface area contributed by atoms with Crippen LogP contribution in [-0.2, 0) is 4.79 Å². The maximum Gasteiger partial charge on any atom is 0.244 e. The Bertz CT molecular complexity index is 674. The molecule has 0 fully saturated rings. The molecule has 1 amide bonds. The molecule has 0 aliphatic rings. The molecule has 23 heavy (non-hydrogen) atoms. The van der Waals surface area contributed by atoms with Gasteiger partial charge < -0.3 is 10.1 Å². The van der Waals surface area contributed by atoms with Crippen LogP contribution >= 0.6 is 0 Å². The number of hydrogen-bond donors (Lipinski definition) is 1. The first-order chi connectivity index (χ1) is 11.0. The third-order valence-electron chi connectivity index (χ3n) is 3.48. The second-order valence-electron chi connectivity index (χ2n) is 5.73. The molecule has 3 nitrogen and oxygen atoms in total. The SMILES string of the molecule is Cc1ccc(/C=C/C(=O)N[C@H](C)COc2ccccc2C)cc1. The minimum absolute atomic E-state index is 0.0650. The number of nitrogens with one attached hydrogen (secondary N) is 1. The van der Waals surface area contributed by atoms with Crippen LogP contribution in [0.5, 0.6) is 5.75 Å². The Balaban J connectivity index is 1.80. The van der Waals surface area contributed by atoms with Crippen LogP contribution in [0.3, 0.4) is 0 Å². The zero-order valence-corrected chi connectivity index (χ0v) is 13.9. The maximum absolute atomic E-state index is 11.9. The molecule has 0 unspecified atom stereocenters. The maximum atomic E-state index is 11.9. The molecule has 0 saturated heterocycles. The largest absolute Gasteiger partial charge is 0.491 e. The van der Waals surface area contributed by atoms with E-state index in [9.17, 15) is 4.79 Å². The fraction of sp³-hybridized carbons (Fsp3) is 0.250. The number of para-hydroxylation sites is 1. The Morgan fingerprint density at radius 1 is 1.13 bits per heavy atom. The van der Waals surface area contributed by atoms with Crippen molar-refractivity contribution in [2.75, 3.05) is 6.61 Å². The zero-order valence-electron chi connectivity index (χ0n) is 13.9. The van der Waals surface area contributed by atoms with Gasteiger partial charge in [0.15, 0.2) is 0 Å². The summed E-state index contributed by atoms with van der Waals surface area (Å²) in [6.45, 7) is 6.41. The first-order valence-electron chi connectivity index (χ1n) is 7.78. The average Bonchev–Trinajstić information content (AvgIpc) is 2.53. The third kappa shape index (κ3) is 5.62. The van der Waals surface area contributed by atoms with Crippen molar-refractivity contribution in [2.45, 2.75) is 26.8 Å². The Kier molecular flexibility index (Phi) is 5.98. The van der Waals surface area contributed by atoms with E-state index >= 15 is 0 Å². The summed E-state index contributed by atoms with van der Waals surface area (Å²) in [4.78, 5) is 11.9. The van der Waals surface area contributed by atoms with Crippen LogP contribution in [0.4, 0.5) is 0 Å². The van der Waals surface area contributed by atoms with Gasteiger partial charge in [-0.05, 0) is 44.0 Å². The Labute approximate surface area is 138 Å². The highest BCUT2D eigenvalue weighted by Gasteiger charge is 2.06. The van der Waals surface area contributed by atoms with Gasteiger partial charge in [0.05, 0.1) is 6.04 Å². The molecule has 3 heteroatoms. The van der Waals surface area contributed by atoms with Gasteiger partial charge in [-0.25, -0.2) is 0 Å². The van der Waals surface area contributed by atoms with Gasteiger partial charge in [0.1, 0.15) is 12.4 Å². The van der Waals surface area contributed by atoms with Crippen LogP contribution in [0.1, 0.15) is 23.6 Å². The molecular weight excluding hydrogens is 286 g/mol. The van der Waals surface area contributed by atoms with Crippen molar-refractivity contribution in [3.05, 3.63) is 71.3 Å². The minimum atomic E-state index is -0.119. The topological polar surface area (TPSA) is 38.3 Å². The first kappa shape index (κ1) is 16.8. The summed E-state index contributed by atoms with van der Waals surface area (Å²) in [6, 6.07) is 15.8. The van der Waals surface area contributed by atoms with Crippen LogP contribution in [0, 0.1) is 13.8 Å². The van der Waals surface area contributed by atoms with E-state index in [0.29, 0.717) is 6.61 Å². The van der Waals surface area contributed by atoms with Crippen molar-refractivity contribution in [3.8, 4) is 5.75 Å². The fourth-order valence-corrected chi connectivity index (χ4v) is 2.12. The average molecular weight is 309 g/mol. The predicted molar refractivity (Wildman–Crippen MR) is 94.5 cm³/mol. The van der Waals surface area contributed by atoms with Gasteiger partial charge in [-0.15, -0.1) is 0 Å². The number of amides is 1. The van der Waals surface area contributed by atoms with Gasteiger partial charge in [-0.1, -0.05) is 48.0 Å². The fourth-order valence-electron chi connectivity index (χ4n) is 2.12. The number of carbonyl (C=O) groups excluding carboxylic acids is 1. The lowest BCUT2D eigenvalue weighted by molar-refractivity contribution is -0.117. The van der Waals surface area contributed by atoms with Crippen molar-refractivity contribution < 1.29 is 9.53 Å². The summed E-state index contributed by atoms with van der Waals surface area (Å²) in [6.07, 6.45) is 3.36. The van der Waals surface area contributed by atoms with Crippen molar-refractivity contribution >= 4 is 12.0 Å². The quantitative estimate of drug-likeness (QED) is 0.822. The lowest BCUT2D eigenvalue weighted by Gasteiger charge is -2.15. The Morgan fingerprint density at radius 2 is 1.83 bits per heavy atom. The molecule has 2 aromatic rings. The molecule has 0 aromatic heterocycles. The molecule has 0 spiro atoms. The predicted octanol–water partition coefficient (Wildman–Crippen LogP) is 3.90. The highest BCUT2D eigenvalue weighted by molar-refractivity contribution is 5.91. The van der Waals surface area contributed by atoms with Gasteiger partial charge in [0.2, 0.25) is 5.91 Å². The summed E-state index contributed by atoms with van der Waals surface area (Å²) >= 11 is 0. The molecule has 120 valence electrons. The number of carbonyl (C=O) groups is 1. The van der Waals surface area contributed by atoms with Gasteiger partial charge in [-0.2, -0.15) is 0 Å².